The normalized spacial score (nSPS) is 17.2. The number of carbonyl (C=O) groups is 1. The molecule has 1 amide bonds. The van der Waals surface area contributed by atoms with E-state index in [2.05, 4.69) is 10.6 Å². The van der Waals surface area contributed by atoms with Crippen LogP contribution in [0.15, 0.2) is 84.9 Å². The maximum atomic E-state index is 13.1. The van der Waals surface area contributed by atoms with Crippen LogP contribution in [-0.4, -0.2) is 37.0 Å². The van der Waals surface area contributed by atoms with Crippen LogP contribution in [0.25, 0.3) is 0 Å². The van der Waals surface area contributed by atoms with Gasteiger partial charge in [-0.25, -0.2) is 0 Å². The number of rotatable bonds is 6. The van der Waals surface area contributed by atoms with Crippen LogP contribution in [-0.2, 0) is 11.0 Å². The predicted octanol–water partition coefficient (Wildman–Crippen LogP) is 4.56. The number of piperazine rings is 1. The van der Waals surface area contributed by atoms with Gasteiger partial charge in [0.2, 0.25) is 5.91 Å². The molecule has 1 aliphatic heterocycles. The summed E-state index contributed by atoms with van der Waals surface area (Å²) in [5.74, 6) is -0.133. The highest BCUT2D eigenvalue weighted by Gasteiger charge is 2.31. The van der Waals surface area contributed by atoms with Crippen molar-refractivity contribution >= 4 is 5.91 Å². The predicted molar refractivity (Wildman–Crippen MR) is 121 cm³/mol. The van der Waals surface area contributed by atoms with Gasteiger partial charge in [0.1, 0.15) is 0 Å². The van der Waals surface area contributed by atoms with Gasteiger partial charge in [-0.1, -0.05) is 72.8 Å². The Bertz CT molecular complexity index is 1000. The van der Waals surface area contributed by atoms with Crippen molar-refractivity contribution in [1.82, 2.24) is 15.5 Å². The average Bonchev–Trinajstić information content (AvgIpc) is 2.83. The number of amides is 1. The summed E-state index contributed by atoms with van der Waals surface area (Å²) in [5.41, 5.74) is 2.05. The highest BCUT2D eigenvalue weighted by Crippen LogP contribution is 2.31. The Morgan fingerprint density at radius 2 is 1.52 bits per heavy atom. The van der Waals surface area contributed by atoms with Crippen LogP contribution in [0.5, 0.6) is 0 Å². The highest BCUT2D eigenvalue weighted by atomic mass is 19.4. The van der Waals surface area contributed by atoms with E-state index in [9.17, 15) is 18.0 Å². The van der Waals surface area contributed by atoms with E-state index >= 15 is 0 Å². The number of hydrogen-bond acceptors (Lipinski definition) is 3. The molecular weight excluding hydrogens is 427 g/mol. The molecule has 1 fully saturated rings. The molecule has 0 saturated carbocycles. The fraction of sp³-hybridized carbons (Fsp3) is 0.269. The van der Waals surface area contributed by atoms with E-state index < -0.39 is 11.7 Å². The second kappa shape index (κ2) is 10.2. The zero-order valence-electron chi connectivity index (χ0n) is 18.1. The van der Waals surface area contributed by atoms with Crippen molar-refractivity contribution in [3.8, 4) is 0 Å². The smallest absolute Gasteiger partial charge is 0.344 e. The highest BCUT2D eigenvalue weighted by molar-refractivity contribution is 5.79. The second-order valence-corrected chi connectivity index (χ2v) is 8.13. The van der Waals surface area contributed by atoms with Crippen LogP contribution < -0.4 is 10.6 Å². The summed E-state index contributed by atoms with van der Waals surface area (Å²) in [7, 11) is 0. The lowest BCUT2D eigenvalue weighted by atomic mass is 9.98. The van der Waals surface area contributed by atoms with Gasteiger partial charge in [0.15, 0.2) is 0 Å². The van der Waals surface area contributed by atoms with Gasteiger partial charge in [-0.3, -0.25) is 9.69 Å². The van der Waals surface area contributed by atoms with Gasteiger partial charge >= 0.3 is 6.18 Å². The SMILES string of the molecule is O=C(CN1CCNC[C@@H]1c1ccc(C(F)(F)F)cc1)NC(c1ccccc1)c1ccccc1. The molecule has 0 aromatic heterocycles. The lowest BCUT2D eigenvalue weighted by Gasteiger charge is -2.36. The number of carbonyl (C=O) groups excluding carboxylic acids is 1. The first-order chi connectivity index (χ1) is 15.9. The Balaban J connectivity index is 1.49. The Kier molecular flexibility index (Phi) is 7.11. The van der Waals surface area contributed by atoms with Crippen molar-refractivity contribution in [2.45, 2.75) is 18.3 Å². The number of benzene rings is 3. The zero-order valence-corrected chi connectivity index (χ0v) is 18.1. The quantitative estimate of drug-likeness (QED) is 0.575. The number of nitrogens with one attached hydrogen (secondary N) is 2. The fourth-order valence-corrected chi connectivity index (χ4v) is 4.20. The van der Waals surface area contributed by atoms with E-state index in [4.69, 9.17) is 0 Å². The van der Waals surface area contributed by atoms with Crippen molar-refractivity contribution in [2.75, 3.05) is 26.2 Å². The number of nitrogens with zero attached hydrogens (tertiary/aromatic N) is 1. The summed E-state index contributed by atoms with van der Waals surface area (Å²) in [6, 6.07) is 24.3. The van der Waals surface area contributed by atoms with Gasteiger partial charge in [-0.05, 0) is 28.8 Å². The number of alkyl halides is 3. The number of hydrogen-bond donors (Lipinski definition) is 2. The molecule has 1 heterocycles. The molecule has 4 rings (SSSR count). The molecule has 3 aromatic rings. The molecule has 172 valence electrons. The Labute approximate surface area is 191 Å². The van der Waals surface area contributed by atoms with Crippen molar-refractivity contribution in [2.24, 2.45) is 0 Å². The standard InChI is InChI=1S/C26H26F3N3O/c27-26(28,29)22-13-11-19(12-14-22)23-17-30-15-16-32(23)18-24(33)31-25(20-7-3-1-4-8-20)21-9-5-2-6-10-21/h1-14,23,25,30H,15-18H2,(H,31,33)/t23-/m1/s1. The Hall–Kier alpha value is -3.16. The monoisotopic (exact) mass is 453 g/mol. The molecule has 7 heteroatoms. The van der Waals surface area contributed by atoms with Gasteiger partial charge in [-0.2, -0.15) is 13.2 Å². The second-order valence-electron chi connectivity index (χ2n) is 8.13. The van der Waals surface area contributed by atoms with Crippen LogP contribution in [0.3, 0.4) is 0 Å². The van der Waals surface area contributed by atoms with Gasteiger partial charge in [0.05, 0.1) is 18.2 Å². The maximum absolute atomic E-state index is 13.1. The molecule has 33 heavy (non-hydrogen) atoms. The minimum Gasteiger partial charge on any atom is -0.344 e. The van der Waals surface area contributed by atoms with Crippen LogP contribution in [0.1, 0.15) is 34.3 Å². The number of halogens is 3. The summed E-state index contributed by atoms with van der Waals surface area (Å²) in [5, 5.41) is 6.43. The van der Waals surface area contributed by atoms with Crippen molar-refractivity contribution < 1.29 is 18.0 Å². The molecule has 1 atom stereocenters. The van der Waals surface area contributed by atoms with Gasteiger partial charge in [0.25, 0.3) is 0 Å². The Morgan fingerprint density at radius 3 is 2.06 bits per heavy atom. The summed E-state index contributed by atoms with van der Waals surface area (Å²) in [4.78, 5) is 15.1. The van der Waals surface area contributed by atoms with Crippen molar-refractivity contribution in [3.63, 3.8) is 0 Å². The van der Waals surface area contributed by atoms with Crippen molar-refractivity contribution in [3.05, 3.63) is 107 Å². The maximum Gasteiger partial charge on any atom is 0.416 e. The van der Waals surface area contributed by atoms with Crippen LogP contribution >= 0.6 is 0 Å². The fourth-order valence-electron chi connectivity index (χ4n) is 4.20. The summed E-state index contributed by atoms with van der Waals surface area (Å²) >= 11 is 0. The zero-order chi connectivity index (χ0) is 23.3. The first-order valence-electron chi connectivity index (χ1n) is 10.9. The molecule has 4 nitrogen and oxygen atoms in total. The molecule has 3 aromatic carbocycles. The summed E-state index contributed by atoms with van der Waals surface area (Å²) in [6.45, 7) is 2.06. The van der Waals surface area contributed by atoms with Gasteiger partial charge in [-0.15, -0.1) is 0 Å². The van der Waals surface area contributed by atoms with Gasteiger partial charge in [0, 0.05) is 25.7 Å². The largest absolute Gasteiger partial charge is 0.416 e. The summed E-state index contributed by atoms with van der Waals surface area (Å²) < 4.78 is 38.8. The molecule has 0 radical (unpaired) electrons. The van der Waals surface area contributed by atoms with Gasteiger partial charge < -0.3 is 10.6 Å². The molecule has 0 unspecified atom stereocenters. The van der Waals surface area contributed by atoms with E-state index in [0.717, 1.165) is 28.8 Å². The summed E-state index contributed by atoms with van der Waals surface area (Å²) in [6.07, 6.45) is -4.37. The molecular formula is C26H26F3N3O. The molecule has 1 saturated heterocycles. The lowest BCUT2D eigenvalue weighted by molar-refractivity contribution is -0.137. The first kappa shape index (κ1) is 23.0. The van der Waals surface area contributed by atoms with E-state index in [1.54, 1.807) is 0 Å². The van der Waals surface area contributed by atoms with E-state index in [1.807, 2.05) is 65.6 Å². The Morgan fingerprint density at radius 1 is 0.939 bits per heavy atom. The molecule has 0 bridgehead atoms. The lowest BCUT2D eigenvalue weighted by Crippen LogP contribution is -2.49. The third-order valence-corrected chi connectivity index (χ3v) is 5.89. The third kappa shape index (κ3) is 5.80. The topological polar surface area (TPSA) is 44.4 Å². The van der Waals surface area contributed by atoms with Crippen LogP contribution in [0.4, 0.5) is 13.2 Å². The van der Waals surface area contributed by atoms with E-state index in [0.29, 0.717) is 19.6 Å². The average molecular weight is 454 g/mol. The van der Waals surface area contributed by atoms with Crippen molar-refractivity contribution in [1.29, 1.82) is 0 Å². The minimum absolute atomic E-state index is 0.133. The van der Waals surface area contributed by atoms with E-state index in [-0.39, 0.29) is 24.5 Å². The molecule has 2 N–H and O–H groups in total. The minimum atomic E-state index is -4.37. The first-order valence-corrected chi connectivity index (χ1v) is 10.9. The van der Waals surface area contributed by atoms with E-state index in [1.165, 1.54) is 12.1 Å². The molecule has 0 aliphatic carbocycles. The van der Waals surface area contributed by atoms with Crippen LogP contribution in [0.2, 0.25) is 0 Å². The molecule has 0 spiro atoms. The third-order valence-electron chi connectivity index (χ3n) is 5.89. The molecule has 1 aliphatic rings. The van der Waals surface area contributed by atoms with Crippen LogP contribution in [0, 0.1) is 0 Å².